The standard InChI is InChI=1S/C40H46N6O4/c1-39(2,3)49-37(47)45-19-7-9-33(45)35-41-23-31(43-35)26-13-11-25(12-14-26)27-15-16-29-22-30(18-17-28(29)21-27)32-24-42-36(44-32)34-10-8-20-46(34)38(48)50-40(4,5)6/h11-18,21-24,33-34H,7-10,19-20H2,1-6H3,(H,41,43)(H,42,44)/t33-,34-/m0/s1. The van der Waals surface area contributed by atoms with Crippen LogP contribution in [0.2, 0.25) is 0 Å². The number of carbonyl (C=O) groups is 2. The largest absolute Gasteiger partial charge is 0.444 e. The summed E-state index contributed by atoms with van der Waals surface area (Å²) in [4.78, 5) is 45.5. The predicted molar refractivity (Wildman–Crippen MR) is 194 cm³/mol. The zero-order chi connectivity index (χ0) is 35.2. The summed E-state index contributed by atoms with van der Waals surface area (Å²) in [5.41, 5.74) is 5.09. The van der Waals surface area contributed by atoms with Crippen molar-refractivity contribution in [1.29, 1.82) is 0 Å². The van der Waals surface area contributed by atoms with E-state index in [2.05, 4.69) is 80.6 Å². The van der Waals surface area contributed by atoms with Crippen LogP contribution in [-0.2, 0) is 9.47 Å². The lowest BCUT2D eigenvalue weighted by Gasteiger charge is -2.27. The number of H-pyrrole nitrogens is 2. The lowest BCUT2D eigenvalue weighted by atomic mass is 9.98. The molecule has 0 radical (unpaired) electrons. The van der Waals surface area contributed by atoms with E-state index < -0.39 is 11.2 Å². The third-order valence-corrected chi connectivity index (χ3v) is 9.26. The molecule has 10 heteroatoms. The first-order valence-corrected chi connectivity index (χ1v) is 17.6. The number of rotatable bonds is 5. The van der Waals surface area contributed by atoms with Gasteiger partial charge in [0.15, 0.2) is 0 Å². The Hall–Kier alpha value is -5.12. The third kappa shape index (κ3) is 7.11. The van der Waals surface area contributed by atoms with Crippen molar-refractivity contribution >= 4 is 23.0 Å². The van der Waals surface area contributed by atoms with Gasteiger partial charge in [-0.1, -0.05) is 48.5 Å². The number of ether oxygens (including phenoxy) is 2. The molecule has 2 amide bonds. The number of aromatic nitrogens is 4. The number of benzene rings is 3. The molecule has 0 spiro atoms. The topological polar surface area (TPSA) is 116 Å². The molecule has 0 unspecified atom stereocenters. The van der Waals surface area contributed by atoms with E-state index in [0.717, 1.165) is 81.7 Å². The summed E-state index contributed by atoms with van der Waals surface area (Å²) >= 11 is 0. The Balaban J connectivity index is 1.04. The van der Waals surface area contributed by atoms with Gasteiger partial charge in [0.05, 0.1) is 35.9 Å². The van der Waals surface area contributed by atoms with Crippen LogP contribution >= 0.6 is 0 Å². The molecular formula is C40H46N6O4. The summed E-state index contributed by atoms with van der Waals surface area (Å²) in [5.74, 6) is 1.57. The van der Waals surface area contributed by atoms with Gasteiger partial charge < -0.3 is 19.4 Å². The summed E-state index contributed by atoms with van der Waals surface area (Å²) in [7, 11) is 0. The smallest absolute Gasteiger partial charge is 0.410 e. The lowest BCUT2D eigenvalue weighted by Crippen LogP contribution is -2.36. The van der Waals surface area contributed by atoms with Crippen LogP contribution in [0.25, 0.3) is 44.4 Å². The Morgan fingerprint density at radius 1 is 0.620 bits per heavy atom. The minimum absolute atomic E-state index is 0.117. The highest BCUT2D eigenvalue weighted by Gasteiger charge is 2.36. The van der Waals surface area contributed by atoms with E-state index >= 15 is 0 Å². The van der Waals surface area contributed by atoms with Crippen LogP contribution in [0.15, 0.2) is 73.1 Å². The number of likely N-dealkylation sites (tertiary alicyclic amines) is 2. The fourth-order valence-corrected chi connectivity index (χ4v) is 6.92. The minimum Gasteiger partial charge on any atom is -0.444 e. The molecular weight excluding hydrogens is 628 g/mol. The normalized spacial score (nSPS) is 18.2. The fourth-order valence-electron chi connectivity index (χ4n) is 6.92. The van der Waals surface area contributed by atoms with Gasteiger partial charge in [0, 0.05) is 18.7 Å². The van der Waals surface area contributed by atoms with Crippen molar-refractivity contribution in [2.75, 3.05) is 13.1 Å². The highest BCUT2D eigenvalue weighted by molar-refractivity contribution is 5.90. The highest BCUT2D eigenvalue weighted by Crippen LogP contribution is 2.35. The molecule has 2 atom stereocenters. The third-order valence-electron chi connectivity index (χ3n) is 9.26. The Kier molecular flexibility index (Phi) is 8.66. The van der Waals surface area contributed by atoms with Crippen molar-refractivity contribution in [3.63, 3.8) is 0 Å². The molecule has 0 saturated carbocycles. The molecule has 2 aliphatic heterocycles. The second-order valence-electron chi connectivity index (χ2n) is 15.4. The molecule has 50 heavy (non-hydrogen) atoms. The van der Waals surface area contributed by atoms with Crippen molar-refractivity contribution in [2.24, 2.45) is 0 Å². The van der Waals surface area contributed by atoms with Gasteiger partial charge in [-0.05, 0) is 107 Å². The molecule has 10 nitrogen and oxygen atoms in total. The molecule has 5 aromatic rings. The highest BCUT2D eigenvalue weighted by atomic mass is 16.6. The van der Waals surface area contributed by atoms with Crippen LogP contribution in [0.3, 0.4) is 0 Å². The average Bonchev–Trinajstić information content (AvgIpc) is 3.88. The van der Waals surface area contributed by atoms with E-state index in [4.69, 9.17) is 9.47 Å². The first kappa shape index (κ1) is 33.4. The van der Waals surface area contributed by atoms with Gasteiger partial charge in [-0.25, -0.2) is 19.6 Å². The van der Waals surface area contributed by atoms with E-state index in [9.17, 15) is 9.59 Å². The van der Waals surface area contributed by atoms with E-state index in [1.54, 1.807) is 9.80 Å². The maximum absolute atomic E-state index is 12.8. The number of imidazole rings is 2. The van der Waals surface area contributed by atoms with E-state index in [1.165, 1.54) is 0 Å². The number of hydrogen-bond donors (Lipinski definition) is 2. The molecule has 2 N–H and O–H groups in total. The Bertz CT molecular complexity index is 2020. The number of amides is 2. The molecule has 2 aromatic heterocycles. The van der Waals surface area contributed by atoms with Crippen LogP contribution in [0.5, 0.6) is 0 Å². The molecule has 2 aliphatic rings. The summed E-state index contributed by atoms with van der Waals surface area (Å²) in [5, 5.41) is 2.28. The number of aromatic amines is 2. The molecule has 0 aliphatic carbocycles. The molecule has 260 valence electrons. The predicted octanol–water partition coefficient (Wildman–Crippen LogP) is 9.43. The first-order chi connectivity index (χ1) is 23.8. The van der Waals surface area contributed by atoms with Gasteiger partial charge in [0.1, 0.15) is 22.9 Å². The summed E-state index contributed by atoms with van der Waals surface area (Å²) in [6.45, 7) is 12.6. The maximum atomic E-state index is 12.8. The van der Waals surface area contributed by atoms with Gasteiger partial charge in [0.2, 0.25) is 0 Å². The second kappa shape index (κ2) is 13.0. The zero-order valence-electron chi connectivity index (χ0n) is 29.7. The van der Waals surface area contributed by atoms with Gasteiger partial charge in [-0.3, -0.25) is 9.80 Å². The van der Waals surface area contributed by atoms with Crippen molar-refractivity contribution in [3.05, 3.63) is 84.7 Å². The van der Waals surface area contributed by atoms with Gasteiger partial charge in [-0.2, -0.15) is 0 Å². The average molecular weight is 675 g/mol. The number of nitrogens with zero attached hydrogens (tertiary/aromatic N) is 4. The van der Waals surface area contributed by atoms with E-state index in [-0.39, 0.29) is 24.3 Å². The van der Waals surface area contributed by atoms with Crippen molar-refractivity contribution in [1.82, 2.24) is 29.7 Å². The monoisotopic (exact) mass is 674 g/mol. The van der Waals surface area contributed by atoms with Crippen LogP contribution in [0, 0.1) is 0 Å². The van der Waals surface area contributed by atoms with E-state index in [0.29, 0.717) is 13.1 Å². The molecule has 2 saturated heterocycles. The summed E-state index contributed by atoms with van der Waals surface area (Å²) in [6, 6.07) is 21.2. The second-order valence-corrected chi connectivity index (χ2v) is 15.4. The number of carbonyl (C=O) groups excluding carboxylic acids is 2. The quantitative estimate of drug-likeness (QED) is 0.192. The number of fused-ring (bicyclic) bond motifs is 1. The Labute approximate surface area is 293 Å². The van der Waals surface area contributed by atoms with Gasteiger partial charge >= 0.3 is 12.2 Å². The first-order valence-electron chi connectivity index (χ1n) is 17.6. The van der Waals surface area contributed by atoms with Crippen molar-refractivity contribution in [3.8, 4) is 33.6 Å². The summed E-state index contributed by atoms with van der Waals surface area (Å²) < 4.78 is 11.3. The Morgan fingerprint density at radius 2 is 1.04 bits per heavy atom. The minimum atomic E-state index is -0.539. The van der Waals surface area contributed by atoms with Crippen LogP contribution in [-0.4, -0.2) is 66.2 Å². The molecule has 0 bridgehead atoms. The lowest BCUT2D eigenvalue weighted by molar-refractivity contribution is 0.0208. The molecule has 2 fully saturated rings. The van der Waals surface area contributed by atoms with Gasteiger partial charge in [0.25, 0.3) is 0 Å². The Morgan fingerprint density at radius 3 is 1.54 bits per heavy atom. The molecule has 4 heterocycles. The van der Waals surface area contributed by atoms with Gasteiger partial charge in [-0.15, -0.1) is 0 Å². The maximum Gasteiger partial charge on any atom is 0.410 e. The number of hydrogen-bond acceptors (Lipinski definition) is 6. The SMILES string of the molecule is CC(C)(C)OC(=O)N1CCC[C@H]1c1ncc(-c2ccc(-c3ccc4cc(-c5cnc([C@@H]6CCCN6C(=O)OC(C)(C)C)[nH]5)ccc4c3)cc2)[nH]1. The van der Waals surface area contributed by atoms with Crippen LogP contribution < -0.4 is 0 Å². The van der Waals surface area contributed by atoms with Crippen LogP contribution in [0.1, 0.15) is 91.0 Å². The number of nitrogens with one attached hydrogen (secondary N) is 2. The van der Waals surface area contributed by atoms with Crippen LogP contribution in [0.4, 0.5) is 9.59 Å². The zero-order valence-corrected chi connectivity index (χ0v) is 29.7. The molecule has 7 rings (SSSR count). The fraction of sp³-hybridized carbons (Fsp3) is 0.400. The van der Waals surface area contributed by atoms with Crippen molar-refractivity contribution in [2.45, 2.75) is 90.5 Å². The molecule has 3 aromatic carbocycles. The summed E-state index contributed by atoms with van der Waals surface area (Å²) in [6.07, 6.45) is 6.65. The van der Waals surface area contributed by atoms with E-state index in [1.807, 2.05) is 53.9 Å². The van der Waals surface area contributed by atoms with Crippen molar-refractivity contribution < 1.29 is 19.1 Å².